The second kappa shape index (κ2) is 7.34. The van der Waals surface area contributed by atoms with Crippen molar-refractivity contribution in [3.63, 3.8) is 0 Å². The summed E-state index contributed by atoms with van der Waals surface area (Å²) < 4.78 is 32.4. The zero-order valence-corrected chi connectivity index (χ0v) is 16.1. The predicted molar refractivity (Wildman–Crippen MR) is 104 cm³/mol. The van der Waals surface area contributed by atoms with Crippen LogP contribution >= 0.6 is 0 Å². The van der Waals surface area contributed by atoms with Crippen molar-refractivity contribution in [2.45, 2.75) is 11.4 Å². The van der Waals surface area contributed by atoms with Gasteiger partial charge in [0, 0.05) is 22.7 Å². The lowest BCUT2D eigenvalue weighted by Crippen LogP contribution is -3.13. The standard InChI is InChI=1S/C20H23N3O3S/c1-26-17-6-8-18(9-7-17)27(24,25)23-12-10-22(11-13-23)15-16-14-21-20-5-3-2-4-19(16)20/h2-9,14,21H,10-13,15H2,1H3/p+1. The number of aromatic amines is 1. The molecule has 1 aromatic heterocycles. The van der Waals surface area contributed by atoms with Gasteiger partial charge in [-0.05, 0) is 30.3 Å². The van der Waals surface area contributed by atoms with Crippen molar-refractivity contribution in [1.82, 2.24) is 9.29 Å². The molecule has 142 valence electrons. The molecule has 0 aliphatic carbocycles. The molecule has 27 heavy (non-hydrogen) atoms. The molecule has 1 saturated heterocycles. The smallest absolute Gasteiger partial charge is 0.243 e. The van der Waals surface area contributed by atoms with Gasteiger partial charge in [0.05, 0.1) is 38.2 Å². The summed E-state index contributed by atoms with van der Waals surface area (Å²) in [5, 5.41) is 1.25. The van der Waals surface area contributed by atoms with Gasteiger partial charge in [-0.25, -0.2) is 8.42 Å². The van der Waals surface area contributed by atoms with Gasteiger partial charge >= 0.3 is 0 Å². The highest BCUT2D eigenvalue weighted by molar-refractivity contribution is 7.89. The van der Waals surface area contributed by atoms with E-state index in [9.17, 15) is 8.42 Å². The molecule has 1 fully saturated rings. The van der Waals surface area contributed by atoms with Crippen molar-refractivity contribution in [2.75, 3.05) is 33.3 Å². The lowest BCUT2D eigenvalue weighted by molar-refractivity contribution is -0.917. The Morgan fingerprint density at radius 1 is 1.07 bits per heavy atom. The van der Waals surface area contributed by atoms with Gasteiger partial charge in [-0.1, -0.05) is 18.2 Å². The monoisotopic (exact) mass is 386 g/mol. The van der Waals surface area contributed by atoms with Gasteiger partial charge in [0.2, 0.25) is 10.0 Å². The molecule has 2 N–H and O–H groups in total. The highest BCUT2D eigenvalue weighted by atomic mass is 32.2. The summed E-state index contributed by atoms with van der Waals surface area (Å²) >= 11 is 0. The van der Waals surface area contributed by atoms with Crippen molar-refractivity contribution < 1.29 is 18.1 Å². The SMILES string of the molecule is COc1ccc(S(=O)(=O)N2CC[NH+](Cc3c[nH]c4ccccc34)CC2)cc1. The highest BCUT2D eigenvalue weighted by Gasteiger charge is 2.30. The van der Waals surface area contributed by atoms with Gasteiger partial charge < -0.3 is 14.6 Å². The number of rotatable bonds is 5. The zero-order valence-electron chi connectivity index (χ0n) is 15.3. The first-order chi connectivity index (χ1) is 13.1. The topological polar surface area (TPSA) is 66.8 Å². The summed E-state index contributed by atoms with van der Waals surface area (Å²) in [6, 6.07) is 14.9. The normalized spacial score (nSPS) is 16.6. The number of methoxy groups -OCH3 is 1. The van der Waals surface area contributed by atoms with Crippen molar-refractivity contribution >= 4 is 20.9 Å². The fraction of sp³-hybridized carbons (Fsp3) is 0.300. The summed E-state index contributed by atoms with van der Waals surface area (Å²) in [7, 11) is -1.88. The van der Waals surface area contributed by atoms with E-state index in [0.29, 0.717) is 23.7 Å². The molecule has 0 spiro atoms. The van der Waals surface area contributed by atoms with Crippen LogP contribution in [-0.2, 0) is 16.6 Å². The number of quaternary nitrogens is 1. The Labute approximate surface area is 159 Å². The Kier molecular flexibility index (Phi) is 4.90. The molecule has 2 heterocycles. The van der Waals surface area contributed by atoms with Crippen LogP contribution in [0.4, 0.5) is 0 Å². The fourth-order valence-corrected chi connectivity index (χ4v) is 5.10. The first-order valence-electron chi connectivity index (χ1n) is 9.11. The Morgan fingerprint density at radius 3 is 2.48 bits per heavy atom. The number of aromatic nitrogens is 1. The number of H-pyrrole nitrogens is 1. The third kappa shape index (κ3) is 3.58. The Morgan fingerprint density at radius 2 is 1.78 bits per heavy atom. The van der Waals surface area contributed by atoms with Gasteiger partial charge in [-0.2, -0.15) is 4.31 Å². The van der Waals surface area contributed by atoms with E-state index in [2.05, 4.69) is 23.3 Å². The number of fused-ring (bicyclic) bond motifs is 1. The van der Waals surface area contributed by atoms with Crippen LogP contribution < -0.4 is 9.64 Å². The maximum atomic E-state index is 12.9. The number of ether oxygens (including phenoxy) is 1. The maximum Gasteiger partial charge on any atom is 0.243 e. The van der Waals surface area contributed by atoms with E-state index in [4.69, 9.17) is 4.74 Å². The number of piperazine rings is 1. The first-order valence-corrected chi connectivity index (χ1v) is 10.5. The molecule has 0 bridgehead atoms. The number of benzene rings is 2. The van der Waals surface area contributed by atoms with E-state index in [1.165, 1.54) is 15.8 Å². The van der Waals surface area contributed by atoms with Crippen LogP contribution in [-0.4, -0.2) is 51.0 Å². The van der Waals surface area contributed by atoms with Crippen LogP contribution in [0.25, 0.3) is 10.9 Å². The van der Waals surface area contributed by atoms with Crippen LogP contribution in [0.1, 0.15) is 5.56 Å². The molecule has 6 nitrogen and oxygen atoms in total. The third-order valence-corrected chi connectivity index (χ3v) is 7.15. The lowest BCUT2D eigenvalue weighted by atomic mass is 10.1. The van der Waals surface area contributed by atoms with Crippen LogP contribution in [0.2, 0.25) is 0 Å². The summed E-state index contributed by atoms with van der Waals surface area (Å²) in [6.07, 6.45) is 2.07. The lowest BCUT2D eigenvalue weighted by Gasteiger charge is -2.31. The predicted octanol–water partition coefficient (Wildman–Crippen LogP) is 1.27. The van der Waals surface area contributed by atoms with Crippen molar-refractivity contribution in [3.8, 4) is 5.75 Å². The van der Waals surface area contributed by atoms with Crippen molar-refractivity contribution in [3.05, 3.63) is 60.3 Å². The molecule has 2 aromatic carbocycles. The Hall–Kier alpha value is -2.35. The molecule has 0 amide bonds. The summed E-state index contributed by atoms with van der Waals surface area (Å²) in [5.41, 5.74) is 2.43. The van der Waals surface area contributed by atoms with Crippen molar-refractivity contribution in [1.29, 1.82) is 0 Å². The quantitative estimate of drug-likeness (QED) is 0.694. The van der Waals surface area contributed by atoms with Gasteiger partial charge in [0.15, 0.2) is 0 Å². The Bertz CT molecular complexity index is 1020. The summed E-state index contributed by atoms with van der Waals surface area (Å²) in [5.74, 6) is 0.655. The van der Waals surface area contributed by atoms with Crippen LogP contribution in [0.5, 0.6) is 5.75 Å². The van der Waals surface area contributed by atoms with E-state index in [0.717, 1.165) is 25.2 Å². The average molecular weight is 386 g/mol. The number of hydrogen-bond acceptors (Lipinski definition) is 3. The van der Waals surface area contributed by atoms with Crippen LogP contribution in [0, 0.1) is 0 Å². The molecular weight excluding hydrogens is 362 g/mol. The van der Waals surface area contributed by atoms with E-state index >= 15 is 0 Å². The number of nitrogens with one attached hydrogen (secondary N) is 2. The van der Waals surface area contributed by atoms with E-state index in [-0.39, 0.29) is 0 Å². The second-order valence-electron chi connectivity index (χ2n) is 6.87. The number of nitrogens with zero attached hydrogens (tertiary/aromatic N) is 1. The molecule has 4 rings (SSSR count). The largest absolute Gasteiger partial charge is 0.497 e. The minimum absolute atomic E-state index is 0.323. The summed E-state index contributed by atoms with van der Waals surface area (Å²) in [6.45, 7) is 3.57. The zero-order chi connectivity index (χ0) is 18.9. The first kappa shape index (κ1) is 18.0. The van der Waals surface area contributed by atoms with Gasteiger partial charge in [0.25, 0.3) is 0 Å². The molecule has 1 aliphatic rings. The van der Waals surface area contributed by atoms with E-state index in [1.54, 1.807) is 35.7 Å². The molecule has 0 saturated carbocycles. The molecule has 1 aliphatic heterocycles. The maximum absolute atomic E-state index is 12.9. The average Bonchev–Trinajstić information content (AvgIpc) is 3.11. The molecule has 0 radical (unpaired) electrons. The molecule has 7 heteroatoms. The third-order valence-electron chi connectivity index (χ3n) is 5.24. The minimum atomic E-state index is -3.45. The highest BCUT2D eigenvalue weighted by Crippen LogP contribution is 2.20. The Balaban J connectivity index is 1.42. The minimum Gasteiger partial charge on any atom is -0.497 e. The number of para-hydroxylation sites is 1. The number of sulfonamides is 1. The van der Waals surface area contributed by atoms with E-state index in [1.807, 2.05) is 12.1 Å². The molecule has 0 unspecified atom stereocenters. The van der Waals surface area contributed by atoms with Gasteiger partial charge in [0.1, 0.15) is 12.3 Å². The summed E-state index contributed by atoms with van der Waals surface area (Å²) in [4.78, 5) is 5.04. The van der Waals surface area contributed by atoms with Crippen LogP contribution in [0.15, 0.2) is 59.6 Å². The molecular formula is C20H24N3O3S+. The van der Waals surface area contributed by atoms with Gasteiger partial charge in [-0.3, -0.25) is 0 Å². The second-order valence-corrected chi connectivity index (χ2v) is 8.80. The number of hydrogen-bond donors (Lipinski definition) is 2. The molecule has 3 aromatic rings. The van der Waals surface area contributed by atoms with Crippen LogP contribution in [0.3, 0.4) is 0 Å². The van der Waals surface area contributed by atoms with Gasteiger partial charge in [-0.15, -0.1) is 0 Å². The fourth-order valence-electron chi connectivity index (χ4n) is 3.66. The van der Waals surface area contributed by atoms with E-state index < -0.39 is 10.0 Å². The molecule has 0 atom stereocenters. The van der Waals surface area contributed by atoms with Crippen molar-refractivity contribution in [2.24, 2.45) is 0 Å².